The predicted molar refractivity (Wildman–Crippen MR) is 52.1 cm³/mol. The predicted octanol–water partition coefficient (Wildman–Crippen LogP) is 2.33. The molecular formula is C8H9F2PS. The minimum absolute atomic E-state index is 0.0833. The zero-order valence-corrected chi connectivity index (χ0v) is 8.55. The first-order valence-electron chi connectivity index (χ1n) is 3.42. The fourth-order valence-electron chi connectivity index (χ4n) is 1.00. The Morgan fingerprint density at radius 3 is 1.83 bits per heavy atom. The van der Waals surface area contributed by atoms with Gasteiger partial charge in [0.15, 0.2) is 0 Å². The van der Waals surface area contributed by atoms with Gasteiger partial charge in [-0.1, -0.05) is 17.9 Å². The zero-order valence-electron chi connectivity index (χ0n) is 6.84. The van der Waals surface area contributed by atoms with E-state index in [-0.39, 0.29) is 5.30 Å². The fourth-order valence-corrected chi connectivity index (χ4v) is 2.70. The van der Waals surface area contributed by atoms with Crippen LogP contribution in [0.15, 0.2) is 18.2 Å². The second-order valence-electron chi connectivity index (χ2n) is 2.92. The van der Waals surface area contributed by atoms with Crippen LogP contribution >= 0.6 is 6.04 Å². The summed E-state index contributed by atoms with van der Waals surface area (Å²) in [5.74, 6) is -1.05. The first-order valence-corrected chi connectivity index (χ1v) is 7.12. The van der Waals surface area contributed by atoms with Gasteiger partial charge in [0.1, 0.15) is 11.6 Å². The molecule has 12 heavy (non-hydrogen) atoms. The lowest BCUT2D eigenvalue weighted by Gasteiger charge is -2.11. The van der Waals surface area contributed by atoms with Crippen molar-refractivity contribution in [1.29, 1.82) is 0 Å². The molecule has 1 aromatic carbocycles. The molecule has 0 fully saturated rings. The Kier molecular flexibility index (Phi) is 2.64. The van der Waals surface area contributed by atoms with E-state index < -0.39 is 17.7 Å². The van der Waals surface area contributed by atoms with E-state index in [0.717, 1.165) is 0 Å². The SMILES string of the molecule is CP(C)(=S)c1c(F)cccc1F. The van der Waals surface area contributed by atoms with Crippen molar-refractivity contribution in [3.63, 3.8) is 0 Å². The summed E-state index contributed by atoms with van der Waals surface area (Å²) in [7, 11) is 0. The molecule has 0 saturated carbocycles. The number of rotatable bonds is 1. The van der Waals surface area contributed by atoms with Crippen LogP contribution < -0.4 is 5.30 Å². The van der Waals surface area contributed by atoms with Gasteiger partial charge in [-0.3, -0.25) is 0 Å². The molecule has 0 nitrogen and oxygen atoms in total. The van der Waals surface area contributed by atoms with E-state index in [4.69, 9.17) is 11.8 Å². The van der Waals surface area contributed by atoms with Gasteiger partial charge in [0.05, 0.1) is 5.30 Å². The van der Waals surface area contributed by atoms with E-state index in [1.165, 1.54) is 18.2 Å². The minimum atomic E-state index is -2.01. The number of benzene rings is 1. The first kappa shape index (κ1) is 9.82. The Balaban J connectivity index is 3.42. The average molecular weight is 206 g/mol. The summed E-state index contributed by atoms with van der Waals surface area (Å²) in [5, 5.41) is 0.0833. The van der Waals surface area contributed by atoms with Crippen molar-refractivity contribution in [1.82, 2.24) is 0 Å². The van der Waals surface area contributed by atoms with Crippen molar-refractivity contribution >= 4 is 23.1 Å². The Bertz CT molecular complexity index is 323. The highest BCUT2D eigenvalue weighted by Crippen LogP contribution is 2.37. The lowest BCUT2D eigenvalue weighted by Crippen LogP contribution is -2.12. The molecule has 0 atom stereocenters. The van der Waals surface area contributed by atoms with Crippen LogP contribution in [0.3, 0.4) is 0 Å². The summed E-state index contributed by atoms with van der Waals surface area (Å²) in [5.41, 5.74) is 0. The van der Waals surface area contributed by atoms with Gasteiger partial charge in [-0.05, 0) is 31.5 Å². The highest BCUT2D eigenvalue weighted by atomic mass is 32.4. The topological polar surface area (TPSA) is 0 Å². The van der Waals surface area contributed by atoms with E-state index in [1.807, 2.05) is 0 Å². The molecule has 0 N–H and O–H groups in total. The van der Waals surface area contributed by atoms with Crippen LogP contribution in [-0.4, -0.2) is 13.3 Å². The molecule has 0 bridgehead atoms. The Hall–Kier alpha value is -0.270. The number of hydrogen-bond acceptors (Lipinski definition) is 1. The molecule has 1 rings (SSSR count). The van der Waals surface area contributed by atoms with E-state index in [0.29, 0.717) is 0 Å². The Morgan fingerprint density at radius 1 is 1.17 bits per heavy atom. The Labute approximate surface area is 75.6 Å². The molecule has 0 amide bonds. The summed E-state index contributed by atoms with van der Waals surface area (Å²) in [4.78, 5) is 0. The third-order valence-corrected chi connectivity index (χ3v) is 3.53. The van der Waals surface area contributed by atoms with Gasteiger partial charge >= 0.3 is 0 Å². The van der Waals surface area contributed by atoms with Crippen molar-refractivity contribution in [2.45, 2.75) is 0 Å². The number of hydrogen-bond donors (Lipinski definition) is 0. The van der Waals surface area contributed by atoms with Crippen molar-refractivity contribution in [3.05, 3.63) is 29.8 Å². The summed E-state index contributed by atoms with van der Waals surface area (Å²) in [6.07, 6.45) is 0. The van der Waals surface area contributed by atoms with Crippen LogP contribution in [0.1, 0.15) is 0 Å². The van der Waals surface area contributed by atoms with E-state index >= 15 is 0 Å². The van der Waals surface area contributed by atoms with Crippen LogP contribution in [0.2, 0.25) is 0 Å². The molecule has 0 aliphatic heterocycles. The smallest absolute Gasteiger partial charge is 0.134 e. The van der Waals surface area contributed by atoms with Crippen molar-refractivity contribution in [2.75, 3.05) is 13.3 Å². The molecule has 0 aromatic heterocycles. The van der Waals surface area contributed by atoms with E-state index in [2.05, 4.69) is 0 Å². The Morgan fingerprint density at radius 2 is 1.58 bits per heavy atom. The standard InChI is InChI=1S/C8H9F2PS/c1-11(2,12)8-6(9)4-3-5-7(8)10/h3-5H,1-2H3. The van der Waals surface area contributed by atoms with Gasteiger partial charge in [0.25, 0.3) is 0 Å². The zero-order chi connectivity index (χ0) is 9.35. The van der Waals surface area contributed by atoms with Gasteiger partial charge in [-0.15, -0.1) is 0 Å². The maximum Gasteiger partial charge on any atom is 0.134 e. The van der Waals surface area contributed by atoms with Crippen LogP contribution in [0.4, 0.5) is 8.78 Å². The second kappa shape index (κ2) is 3.23. The summed E-state index contributed by atoms with van der Waals surface area (Å²) >= 11 is 5.06. The minimum Gasteiger partial charge on any atom is -0.206 e. The van der Waals surface area contributed by atoms with E-state index in [9.17, 15) is 8.78 Å². The second-order valence-corrected chi connectivity index (χ2v) is 8.81. The molecule has 0 radical (unpaired) electrons. The maximum absolute atomic E-state index is 13.1. The van der Waals surface area contributed by atoms with Crippen LogP contribution in [0.5, 0.6) is 0 Å². The largest absolute Gasteiger partial charge is 0.206 e. The van der Waals surface area contributed by atoms with Crippen LogP contribution in [-0.2, 0) is 11.8 Å². The van der Waals surface area contributed by atoms with Crippen LogP contribution in [0.25, 0.3) is 0 Å². The quantitative estimate of drug-likeness (QED) is 0.635. The molecule has 0 aliphatic rings. The summed E-state index contributed by atoms with van der Waals surface area (Å²) < 4.78 is 26.1. The van der Waals surface area contributed by atoms with Gasteiger partial charge in [0.2, 0.25) is 0 Å². The van der Waals surface area contributed by atoms with E-state index in [1.54, 1.807) is 13.3 Å². The summed E-state index contributed by atoms with van der Waals surface area (Å²) in [6.45, 7) is 3.42. The third kappa shape index (κ3) is 1.90. The van der Waals surface area contributed by atoms with Crippen molar-refractivity contribution in [3.8, 4) is 0 Å². The molecule has 0 saturated heterocycles. The third-order valence-electron chi connectivity index (χ3n) is 1.48. The molecule has 0 heterocycles. The highest BCUT2D eigenvalue weighted by Gasteiger charge is 2.16. The van der Waals surface area contributed by atoms with Gasteiger partial charge in [-0.2, -0.15) is 0 Å². The molecule has 1 aromatic rings. The monoisotopic (exact) mass is 206 g/mol. The molecule has 0 aliphatic carbocycles. The summed E-state index contributed by atoms with van der Waals surface area (Å²) in [6, 6.07) is 1.82. The van der Waals surface area contributed by atoms with Crippen LogP contribution in [0, 0.1) is 11.6 Å². The molecule has 0 unspecified atom stereocenters. The highest BCUT2D eigenvalue weighted by molar-refractivity contribution is 8.17. The molecule has 4 heteroatoms. The first-order chi connectivity index (χ1) is 5.43. The average Bonchev–Trinajstić information content (AvgIpc) is 1.82. The molecule has 66 valence electrons. The number of halogens is 2. The van der Waals surface area contributed by atoms with Crippen molar-refractivity contribution < 1.29 is 8.78 Å². The molecular weight excluding hydrogens is 197 g/mol. The maximum atomic E-state index is 13.1. The van der Waals surface area contributed by atoms with Gasteiger partial charge < -0.3 is 0 Å². The van der Waals surface area contributed by atoms with Gasteiger partial charge in [-0.25, -0.2) is 8.78 Å². The van der Waals surface area contributed by atoms with Crippen molar-refractivity contribution in [2.24, 2.45) is 0 Å². The lowest BCUT2D eigenvalue weighted by atomic mass is 10.3. The van der Waals surface area contributed by atoms with Gasteiger partial charge in [0, 0.05) is 0 Å². The fraction of sp³-hybridized carbons (Fsp3) is 0.250. The molecule has 0 spiro atoms. The lowest BCUT2D eigenvalue weighted by molar-refractivity contribution is 0.598. The normalized spacial score (nSPS) is 11.7.